The zero-order valence-corrected chi connectivity index (χ0v) is 12.4. The van der Waals surface area contributed by atoms with E-state index in [0.717, 1.165) is 17.5 Å². The summed E-state index contributed by atoms with van der Waals surface area (Å²) < 4.78 is 0. The van der Waals surface area contributed by atoms with Crippen LogP contribution in [0.15, 0.2) is 36.4 Å². The minimum atomic E-state index is -0.416. The minimum Gasteiger partial charge on any atom is -0.268 e. The van der Waals surface area contributed by atoms with E-state index < -0.39 is 5.91 Å². The number of para-hydroxylation sites is 1. The van der Waals surface area contributed by atoms with Crippen molar-refractivity contribution in [3.05, 3.63) is 64.2 Å². The van der Waals surface area contributed by atoms with E-state index in [2.05, 4.69) is 0 Å². The van der Waals surface area contributed by atoms with Crippen molar-refractivity contribution < 1.29 is 9.59 Å². The van der Waals surface area contributed by atoms with Crippen LogP contribution in [0.5, 0.6) is 0 Å². The second-order valence-electron chi connectivity index (χ2n) is 5.22. The summed E-state index contributed by atoms with van der Waals surface area (Å²) in [6.07, 6.45) is 0.718. The summed E-state index contributed by atoms with van der Waals surface area (Å²) >= 11 is 0. The van der Waals surface area contributed by atoms with Crippen molar-refractivity contribution >= 4 is 17.5 Å². The normalized spacial score (nSPS) is 13.2. The molecule has 22 heavy (non-hydrogen) atoms. The van der Waals surface area contributed by atoms with Gasteiger partial charge < -0.3 is 0 Å². The van der Waals surface area contributed by atoms with Crippen LogP contribution in [-0.4, -0.2) is 11.8 Å². The molecule has 2 aromatic carbocycles. The second kappa shape index (κ2) is 5.12. The third-order valence-corrected chi connectivity index (χ3v) is 3.96. The van der Waals surface area contributed by atoms with Crippen LogP contribution in [-0.2, 0) is 6.42 Å². The average Bonchev–Trinajstić information content (AvgIpc) is 2.79. The predicted molar refractivity (Wildman–Crippen MR) is 82.9 cm³/mol. The Balaban J connectivity index is 2.24. The fourth-order valence-electron chi connectivity index (χ4n) is 2.91. The molecule has 4 nitrogen and oxygen atoms in total. The molecular weight excluding hydrogens is 276 g/mol. The maximum absolute atomic E-state index is 12.8. The highest BCUT2D eigenvalue weighted by atomic mass is 16.2. The topological polar surface area (TPSA) is 61.2 Å². The van der Waals surface area contributed by atoms with Gasteiger partial charge in [-0.2, -0.15) is 5.26 Å². The first-order valence-electron chi connectivity index (χ1n) is 7.10. The van der Waals surface area contributed by atoms with Crippen LogP contribution in [0.4, 0.5) is 5.69 Å². The number of hydrogen-bond donors (Lipinski definition) is 0. The standard InChI is InChI=1S/C18H14N2O2/c1-3-12-7-4-6-11(2)16(12)20-17(21)14-9-5-8-13(10-19)15(14)18(20)22/h4-9H,3H2,1-2H3. The monoisotopic (exact) mass is 290 g/mol. The van der Waals surface area contributed by atoms with Gasteiger partial charge in [-0.1, -0.05) is 31.2 Å². The Kier molecular flexibility index (Phi) is 3.26. The number of benzene rings is 2. The van der Waals surface area contributed by atoms with Gasteiger partial charge in [-0.25, -0.2) is 4.90 Å². The molecule has 0 saturated carbocycles. The molecule has 0 aromatic heterocycles. The fraction of sp³-hybridized carbons (Fsp3) is 0.167. The molecule has 2 aromatic rings. The highest BCUT2D eigenvalue weighted by molar-refractivity contribution is 6.35. The van der Waals surface area contributed by atoms with Crippen LogP contribution in [0.1, 0.15) is 44.3 Å². The number of fused-ring (bicyclic) bond motifs is 1. The molecule has 0 unspecified atom stereocenters. The lowest BCUT2D eigenvalue weighted by Gasteiger charge is -2.20. The average molecular weight is 290 g/mol. The Morgan fingerprint density at radius 2 is 1.82 bits per heavy atom. The van der Waals surface area contributed by atoms with E-state index in [-0.39, 0.29) is 17.0 Å². The van der Waals surface area contributed by atoms with Crippen molar-refractivity contribution in [1.82, 2.24) is 0 Å². The molecule has 0 saturated heterocycles. The summed E-state index contributed by atoms with van der Waals surface area (Å²) in [6.45, 7) is 3.86. The van der Waals surface area contributed by atoms with E-state index in [4.69, 9.17) is 0 Å². The van der Waals surface area contributed by atoms with Gasteiger partial charge in [-0.05, 0) is 36.6 Å². The van der Waals surface area contributed by atoms with Crippen LogP contribution in [0.2, 0.25) is 0 Å². The molecule has 2 amide bonds. The van der Waals surface area contributed by atoms with Crippen LogP contribution in [0.3, 0.4) is 0 Å². The summed E-state index contributed by atoms with van der Waals surface area (Å²) in [5.41, 5.74) is 3.19. The first-order chi connectivity index (χ1) is 10.6. The van der Waals surface area contributed by atoms with Gasteiger partial charge in [0.05, 0.1) is 28.4 Å². The van der Waals surface area contributed by atoms with Crippen molar-refractivity contribution in [3.63, 3.8) is 0 Å². The highest BCUT2D eigenvalue weighted by Gasteiger charge is 2.39. The van der Waals surface area contributed by atoms with Gasteiger partial charge in [0.1, 0.15) is 0 Å². The van der Waals surface area contributed by atoms with Gasteiger partial charge in [-0.3, -0.25) is 9.59 Å². The van der Waals surface area contributed by atoms with Crippen molar-refractivity contribution in [2.45, 2.75) is 20.3 Å². The molecule has 108 valence electrons. The quantitative estimate of drug-likeness (QED) is 0.798. The molecule has 1 aliphatic rings. The SMILES string of the molecule is CCc1cccc(C)c1N1C(=O)c2cccc(C#N)c2C1=O. The molecule has 0 radical (unpaired) electrons. The van der Waals surface area contributed by atoms with E-state index in [1.54, 1.807) is 18.2 Å². The van der Waals surface area contributed by atoms with Gasteiger partial charge in [-0.15, -0.1) is 0 Å². The van der Waals surface area contributed by atoms with E-state index in [0.29, 0.717) is 11.3 Å². The first kappa shape index (κ1) is 14.0. The van der Waals surface area contributed by atoms with Gasteiger partial charge in [0, 0.05) is 0 Å². The molecule has 0 spiro atoms. The number of amides is 2. The minimum absolute atomic E-state index is 0.209. The van der Waals surface area contributed by atoms with Crippen molar-refractivity contribution in [2.75, 3.05) is 4.90 Å². The fourth-order valence-corrected chi connectivity index (χ4v) is 2.91. The number of carbonyl (C=O) groups is 2. The number of nitriles is 1. The number of carbonyl (C=O) groups excluding carboxylic acids is 2. The summed E-state index contributed by atoms with van der Waals surface area (Å²) in [7, 11) is 0. The van der Waals surface area contributed by atoms with Crippen LogP contribution >= 0.6 is 0 Å². The maximum atomic E-state index is 12.8. The smallest absolute Gasteiger partial charge is 0.267 e. The molecule has 0 bridgehead atoms. The Morgan fingerprint density at radius 3 is 2.50 bits per heavy atom. The van der Waals surface area contributed by atoms with Gasteiger partial charge in [0.25, 0.3) is 11.8 Å². The predicted octanol–water partition coefficient (Wildman–Crippen LogP) is 3.23. The molecular formula is C18H14N2O2. The maximum Gasteiger partial charge on any atom is 0.267 e. The molecule has 0 atom stereocenters. The third kappa shape index (κ3) is 1.83. The largest absolute Gasteiger partial charge is 0.268 e. The molecule has 0 fully saturated rings. The summed E-state index contributed by atoms with van der Waals surface area (Å²) in [5.74, 6) is -0.776. The van der Waals surface area contributed by atoms with E-state index in [9.17, 15) is 14.9 Å². The molecule has 4 heteroatoms. The van der Waals surface area contributed by atoms with E-state index in [1.807, 2.05) is 38.1 Å². The van der Waals surface area contributed by atoms with E-state index >= 15 is 0 Å². The van der Waals surface area contributed by atoms with Crippen LogP contribution < -0.4 is 4.90 Å². The van der Waals surface area contributed by atoms with Gasteiger partial charge in [0.15, 0.2) is 0 Å². The molecule has 0 aliphatic carbocycles. The van der Waals surface area contributed by atoms with Crippen molar-refractivity contribution in [3.8, 4) is 6.07 Å². The summed E-state index contributed by atoms with van der Waals surface area (Å²) in [6, 6.07) is 12.5. The molecule has 1 aliphatic heterocycles. The van der Waals surface area contributed by atoms with Crippen molar-refractivity contribution in [1.29, 1.82) is 5.26 Å². The van der Waals surface area contributed by atoms with Gasteiger partial charge in [0.2, 0.25) is 0 Å². The number of imide groups is 1. The Morgan fingerprint density at radius 1 is 1.09 bits per heavy atom. The second-order valence-corrected chi connectivity index (χ2v) is 5.22. The molecule has 1 heterocycles. The van der Waals surface area contributed by atoms with Crippen molar-refractivity contribution in [2.24, 2.45) is 0 Å². The Bertz CT molecular complexity index is 847. The zero-order valence-electron chi connectivity index (χ0n) is 12.4. The summed E-state index contributed by atoms with van der Waals surface area (Å²) in [4.78, 5) is 26.7. The van der Waals surface area contributed by atoms with Gasteiger partial charge >= 0.3 is 0 Å². The Hall–Kier alpha value is -2.93. The number of anilines is 1. The number of hydrogen-bond acceptors (Lipinski definition) is 3. The first-order valence-corrected chi connectivity index (χ1v) is 7.10. The third-order valence-electron chi connectivity index (χ3n) is 3.96. The number of rotatable bonds is 2. The number of nitrogens with zero attached hydrogens (tertiary/aromatic N) is 2. The zero-order chi connectivity index (χ0) is 15.9. The lowest BCUT2D eigenvalue weighted by Crippen LogP contribution is -2.31. The number of aryl methyl sites for hydroxylation is 2. The lowest BCUT2D eigenvalue weighted by atomic mass is 10.0. The molecule has 0 N–H and O–H groups in total. The van der Waals surface area contributed by atoms with Crippen LogP contribution in [0, 0.1) is 18.3 Å². The highest BCUT2D eigenvalue weighted by Crippen LogP contribution is 2.34. The van der Waals surface area contributed by atoms with Crippen LogP contribution in [0.25, 0.3) is 0 Å². The van der Waals surface area contributed by atoms with E-state index in [1.165, 1.54) is 4.90 Å². The Labute approximate surface area is 128 Å². The lowest BCUT2D eigenvalue weighted by molar-refractivity contribution is 0.0925. The molecule has 3 rings (SSSR count). The summed E-state index contributed by atoms with van der Waals surface area (Å²) in [5, 5.41) is 9.19.